The number of aromatic nitrogens is 1. The van der Waals surface area contributed by atoms with Crippen LogP contribution in [0.15, 0.2) is 132 Å². The van der Waals surface area contributed by atoms with E-state index >= 15 is 0 Å². The number of hydrogen-bond acceptors (Lipinski definition) is 1. The fourth-order valence-electron chi connectivity index (χ4n) is 6.19. The van der Waals surface area contributed by atoms with E-state index in [2.05, 4.69) is 120 Å². The maximum absolute atomic E-state index is 6.11. The summed E-state index contributed by atoms with van der Waals surface area (Å²) >= 11 is 0.392. The fraction of sp³-hybridized carbons (Fsp3) is 0. The monoisotopic (exact) mass is 563 g/mol. The number of furan rings is 1. The molecule has 9 rings (SSSR count). The molecule has 6 aromatic carbocycles. The molecule has 0 saturated heterocycles. The van der Waals surface area contributed by atoms with Gasteiger partial charge >= 0.3 is 185 Å². The molecule has 0 aliphatic carbocycles. The van der Waals surface area contributed by atoms with Crippen molar-refractivity contribution in [2.45, 2.75) is 0 Å². The Hall–Kier alpha value is -4.56. The van der Waals surface area contributed by atoms with Gasteiger partial charge in [0, 0.05) is 5.39 Å². The van der Waals surface area contributed by atoms with Crippen molar-refractivity contribution in [2.75, 3.05) is 0 Å². The van der Waals surface area contributed by atoms with Gasteiger partial charge < -0.3 is 4.42 Å². The van der Waals surface area contributed by atoms with E-state index < -0.39 is 0 Å². The summed E-state index contributed by atoms with van der Waals surface area (Å²) in [6.07, 6.45) is 0. The molecular formula is C36H21NOSe. The van der Waals surface area contributed by atoms with Crippen LogP contribution in [0.3, 0.4) is 0 Å². The van der Waals surface area contributed by atoms with Gasteiger partial charge in [0.1, 0.15) is 11.2 Å². The number of fused-ring (bicyclic) bond motifs is 9. The normalized spacial score (nSPS) is 12.1. The van der Waals surface area contributed by atoms with Crippen molar-refractivity contribution in [2.24, 2.45) is 0 Å². The molecule has 0 amide bonds. The molecule has 0 saturated carbocycles. The molecule has 3 heteroatoms. The van der Waals surface area contributed by atoms with Crippen molar-refractivity contribution in [3.8, 4) is 16.8 Å². The zero-order valence-electron chi connectivity index (χ0n) is 20.9. The second-order valence-corrected chi connectivity index (χ2v) is 12.4. The summed E-state index contributed by atoms with van der Waals surface area (Å²) < 4.78 is 11.5. The summed E-state index contributed by atoms with van der Waals surface area (Å²) in [6.45, 7) is 0. The van der Waals surface area contributed by atoms with Crippen LogP contribution in [-0.2, 0) is 0 Å². The number of hydrogen-bond donors (Lipinski definition) is 0. The van der Waals surface area contributed by atoms with Gasteiger partial charge in [-0.2, -0.15) is 0 Å². The predicted octanol–water partition coefficient (Wildman–Crippen LogP) is 9.71. The zero-order valence-corrected chi connectivity index (χ0v) is 22.6. The standard InChI is InChI=1S/C36H21NOSe/c1-4-10-31-25(7-1)28-19-22(23-14-18-36-30(20-23)27-9-3-6-12-35(27)39-36)13-16-32(28)37(31)24-15-17-34-29(21-24)26-8-2-5-11-33(26)38-34/h1-21H. The first-order chi connectivity index (χ1) is 19.3. The van der Waals surface area contributed by atoms with E-state index in [4.69, 9.17) is 4.42 Å². The van der Waals surface area contributed by atoms with Crippen LogP contribution in [0.25, 0.3) is 79.9 Å². The third-order valence-corrected chi connectivity index (χ3v) is 10.4. The Balaban J connectivity index is 1.28. The van der Waals surface area contributed by atoms with Gasteiger partial charge in [-0.1, -0.05) is 18.2 Å². The van der Waals surface area contributed by atoms with Crippen LogP contribution < -0.4 is 0 Å². The molecule has 0 unspecified atom stereocenters. The molecule has 3 heterocycles. The van der Waals surface area contributed by atoms with E-state index in [1.54, 1.807) is 0 Å². The average molecular weight is 563 g/mol. The third kappa shape index (κ3) is 3.09. The first kappa shape index (κ1) is 21.4. The van der Waals surface area contributed by atoms with Gasteiger partial charge in [-0.3, -0.25) is 0 Å². The van der Waals surface area contributed by atoms with E-state index in [1.165, 1.54) is 52.2 Å². The van der Waals surface area contributed by atoms with Crippen molar-refractivity contribution in [1.29, 1.82) is 0 Å². The van der Waals surface area contributed by atoms with E-state index in [9.17, 15) is 0 Å². The Labute approximate surface area is 230 Å². The molecule has 0 aliphatic rings. The van der Waals surface area contributed by atoms with Crippen molar-refractivity contribution >= 4 is 77.5 Å². The molecule has 0 fully saturated rings. The first-order valence-electron chi connectivity index (χ1n) is 13.2. The van der Waals surface area contributed by atoms with Crippen LogP contribution in [0.1, 0.15) is 0 Å². The summed E-state index contributed by atoms with van der Waals surface area (Å²) in [4.78, 5) is 0. The number of rotatable bonds is 2. The quantitative estimate of drug-likeness (QED) is 0.192. The molecule has 9 aromatic rings. The average Bonchev–Trinajstić information content (AvgIpc) is 3.65. The van der Waals surface area contributed by atoms with Crippen LogP contribution in [-0.4, -0.2) is 19.1 Å². The molecule has 0 spiro atoms. The zero-order chi connectivity index (χ0) is 25.5. The number of para-hydroxylation sites is 2. The van der Waals surface area contributed by atoms with E-state index in [0.29, 0.717) is 14.5 Å². The van der Waals surface area contributed by atoms with Gasteiger partial charge in [0.2, 0.25) is 0 Å². The van der Waals surface area contributed by atoms with Crippen LogP contribution in [0, 0.1) is 0 Å². The topological polar surface area (TPSA) is 18.1 Å². The second-order valence-electron chi connectivity index (χ2n) is 10.2. The minimum atomic E-state index is 0.392. The Kier molecular flexibility index (Phi) is 4.37. The third-order valence-electron chi connectivity index (χ3n) is 8.00. The Bertz CT molecular complexity index is 2400. The van der Waals surface area contributed by atoms with Gasteiger partial charge in [0.25, 0.3) is 0 Å². The summed E-state index contributed by atoms with van der Waals surface area (Å²) in [7, 11) is 0. The molecule has 0 radical (unpaired) electrons. The van der Waals surface area contributed by atoms with Gasteiger partial charge in [-0.15, -0.1) is 0 Å². The molecule has 182 valence electrons. The number of benzene rings is 6. The van der Waals surface area contributed by atoms with Crippen LogP contribution >= 0.6 is 0 Å². The van der Waals surface area contributed by atoms with Gasteiger partial charge in [-0.25, -0.2) is 0 Å². The van der Waals surface area contributed by atoms with Gasteiger partial charge in [0.05, 0.1) is 0 Å². The Morgan fingerprint density at radius 2 is 1.10 bits per heavy atom. The first-order valence-corrected chi connectivity index (χ1v) is 14.9. The SMILES string of the molecule is c1ccc2c(c1)oc1ccc(-n3c4ccccc4c4cc(-c5ccc6[se]c7ccccc7c6c5)ccc43)cc12. The van der Waals surface area contributed by atoms with Crippen molar-refractivity contribution in [1.82, 2.24) is 4.57 Å². The fourth-order valence-corrected chi connectivity index (χ4v) is 8.47. The summed E-state index contributed by atoms with van der Waals surface area (Å²) in [6, 6.07) is 46.3. The summed E-state index contributed by atoms with van der Waals surface area (Å²) in [5.74, 6) is 0. The second kappa shape index (κ2) is 7.97. The molecule has 0 atom stereocenters. The minimum absolute atomic E-state index is 0.392. The molecule has 0 bridgehead atoms. The van der Waals surface area contributed by atoms with E-state index in [1.807, 2.05) is 12.1 Å². The molecular weight excluding hydrogens is 541 g/mol. The van der Waals surface area contributed by atoms with Crippen molar-refractivity contribution in [3.05, 3.63) is 127 Å². The summed E-state index contributed by atoms with van der Waals surface area (Å²) in [5, 5.41) is 7.62. The molecule has 0 aliphatic heterocycles. The van der Waals surface area contributed by atoms with Crippen LogP contribution in [0.4, 0.5) is 0 Å². The Morgan fingerprint density at radius 1 is 0.436 bits per heavy atom. The Morgan fingerprint density at radius 3 is 2.03 bits per heavy atom. The molecule has 3 aromatic heterocycles. The van der Waals surface area contributed by atoms with Crippen molar-refractivity contribution in [3.63, 3.8) is 0 Å². The molecule has 39 heavy (non-hydrogen) atoms. The van der Waals surface area contributed by atoms with Crippen molar-refractivity contribution < 1.29 is 4.42 Å². The number of nitrogens with zero attached hydrogens (tertiary/aromatic N) is 1. The van der Waals surface area contributed by atoms with Crippen LogP contribution in [0.2, 0.25) is 0 Å². The molecule has 2 nitrogen and oxygen atoms in total. The molecule has 0 N–H and O–H groups in total. The van der Waals surface area contributed by atoms with E-state index in [-0.39, 0.29) is 0 Å². The summed E-state index contributed by atoms with van der Waals surface area (Å²) in [5.41, 5.74) is 7.93. The van der Waals surface area contributed by atoms with Gasteiger partial charge in [0.15, 0.2) is 0 Å². The van der Waals surface area contributed by atoms with Gasteiger partial charge in [-0.05, 0) is 6.07 Å². The predicted molar refractivity (Wildman–Crippen MR) is 165 cm³/mol. The maximum atomic E-state index is 6.11. The van der Waals surface area contributed by atoms with Crippen LogP contribution in [0.5, 0.6) is 0 Å². The van der Waals surface area contributed by atoms with E-state index in [0.717, 1.165) is 27.6 Å².